The number of benzene rings is 1. The van der Waals surface area contributed by atoms with E-state index >= 15 is 0 Å². The molecule has 0 fully saturated rings. The second-order valence-corrected chi connectivity index (χ2v) is 12.1. The summed E-state index contributed by atoms with van der Waals surface area (Å²) in [5.41, 5.74) is -0.803. The Morgan fingerprint density at radius 2 is 1.80 bits per heavy atom. The Hall–Kier alpha value is -3.02. The number of fused-ring (bicyclic) bond motifs is 1. The van der Waals surface area contributed by atoms with E-state index in [-0.39, 0.29) is 24.0 Å². The molecular formula is C20H19N5O7P2S. The first kappa shape index (κ1) is 25.1. The molecule has 182 valence electrons. The number of rotatable bonds is 8. The molecule has 35 heavy (non-hydrogen) atoms. The van der Waals surface area contributed by atoms with Crippen LogP contribution in [0.4, 0.5) is 11.5 Å². The van der Waals surface area contributed by atoms with E-state index in [2.05, 4.69) is 25.6 Å². The Bertz CT molecular complexity index is 1450. The van der Waals surface area contributed by atoms with E-state index in [1.165, 1.54) is 11.3 Å². The quantitative estimate of drug-likeness (QED) is 0.182. The Balaban J connectivity index is 1.65. The molecule has 3 heterocycles. The highest BCUT2D eigenvalue weighted by Crippen LogP contribution is 2.59. The number of carbonyl (C=O) groups is 1. The number of nitrogens with zero attached hydrogens (tertiary/aromatic N) is 3. The fraction of sp³-hybridized carbons (Fsp3) is 0.100. The lowest BCUT2D eigenvalue weighted by Gasteiger charge is -2.21. The number of thiophene rings is 1. The third kappa shape index (κ3) is 6.16. The number of aromatic nitrogens is 3. The van der Waals surface area contributed by atoms with Gasteiger partial charge >= 0.3 is 15.2 Å². The van der Waals surface area contributed by atoms with Crippen LogP contribution in [0.1, 0.15) is 5.56 Å². The van der Waals surface area contributed by atoms with Crippen LogP contribution in [0.15, 0.2) is 60.2 Å². The van der Waals surface area contributed by atoms with Gasteiger partial charge in [0.25, 0.3) is 0 Å². The molecule has 15 heteroatoms. The molecule has 3 aromatic heterocycles. The zero-order chi connectivity index (χ0) is 25.2. The Kier molecular flexibility index (Phi) is 7.11. The van der Waals surface area contributed by atoms with Crippen molar-refractivity contribution in [3.8, 4) is 11.4 Å². The Morgan fingerprint density at radius 3 is 2.49 bits per heavy atom. The summed E-state index contributed by atoms with van der Waals surface area (Å²) in [6, 6.07) is 11.7. The first-order valence-electron chi connectivity index (χ1n) is 9.92. The van der Waals surface area contributed by atoms with Gasteiger partial charge in [-0.05, 0) is 35.2 Å². The third-order valence-electron chi connectivity index (χ3n) is 4.72. The van der Waals surface area contributed by atoms with Crippen molar-refractivity contribution in [2.24, 2.45) is 0 Å². The summed E-state index contributed by atoms with van der Waals surface area (Å²) in [7, 11) is -10.5. The van der Waals surface area contributed by atoms with Crippen molar-refractivity contribution in [1.29, 1.82) is 0 Å². The molecule has 4 aromatic rings. The average Bonchev–Trinajstić information content (AvgIpc) is 3.25. The Labute approximate surface area is 202 Å². The average molecular weight is 535 g/mol. The molecule has 0 saturated carbocycles. The first-order chi connectivity index (χ1) is 16.5. The molecule has 4 rings (SSSR count). The minimum absolute atomic E-state index is 0.121. The van der Waals surface area contributed by atoms with Gasteiger partial charge in [0.1, 0.15) is 10.6 Å². The third-order valence-corrected chi connectivity index (χ3v) is 8.86. The molecule has 0 unspecified atom stereocenters. The molecule has 0 bridgehead atoms. The van der Waals surface area contributed by atoms with Crippen LogP contribution >= 0.6 is 26.5 Å². The van der Waals surface area contributed by atoms with Crippen LogP contribution in [-0.4, -0.2) is 46.0 Å². The summed E-state index contributed by atoms with van der Waals surface area (Å²) in [4.78, 5) is 63.5. The molecule has 0 aliphatic heterocycles. The largest absolute Gasteiger partial charge is 0.360 e. The molecule has 0 saturated heterocycles. The molecule has 0 aliphatic rings. The van der Waals surface area contributed by atoms with Gasteiger partial charge in [0.05, 0.1) is 11.8 Å². The van der Waals surface area contributed by atoms with E-state index in [4.69, 9.17) is 0 Å². The van der Waals surface area contributed by atoms with E-state index < -0.39 is 20.7 Å². The van der Waals surface area contributed by atoms with Crippen LogP contribution in [0.2, 0.25) is 0 Å². The summed E-state index contributed by atoms with van der Waals surface area (Å²) in [6.45, 7) is 0. The predicted molar refractivity (Wildman–Crippen MR) is 131 cm³/mol. The van der Waals surface area contributed by atoms with Crippen molar-refractivity contribution in [2.45, 2.75) is 11.9 Å². The van der Waals surface area contributed by atoms with Gasteiger partial charge in [-0.3, -0.25) is 18.9 Å². The zero-order valence-electron chi connectivity index (χ0n) is 17.7. The van der Waals surface area contributed by atoms with E-state index in [0.717, 1.165) is 5.56 Å². The van der Waals surface area contributed by atoms with Crippen molar-refractivity contribution in [3.63, 3.8) is 0 Å². The maximum absolute atomic E-state index is 12.4. The van der Waals surface area contributed by atoms with E-state index in [1.807, 2.05) is 0 Å². The second-order valence-electron chi connectivity index (χ2n) is 7.40. The lowest BCUT2D eigenvalue weighted by molar-refractivity contribution is -0.115. The number of nitrogens with one attached hydrogen (secondary N) is 2. The Morgan fingerprint density at radius 1 is 1.03 bits per heavy atom. The fourth-order valence-electron chi connectivity index (χ4n) is 3.21. The van der Waals surface area contributed by atoms with Crippen molar-refractivity contribution in [1.82, 2.24) is 15.0 Å². The highest BCUT2D eigenvalue weighted by atomic mass is 32.1. The minimum Gasteiger partial charge on any atom is -0.346 e. The van der Waals surface area contributed by atoms with Gasteiger partial charge in [-0.1, -0.05) is 18.2 Å². The monoisotopic (exact) mass is 535 g/mol. The number of anilines is 2. The van der Waals surface area contributed by atoms with Crippen molar-refractivity contribution >= 4 is 54.2 Å². The SMILES string of the molecule is O=C(Cc1cccnc1)Nc1cccc(-c2nc(NC(P(=O)(O)O)P(=O)(O)O)c3ccsc3n2)c1. The molecule has 12 nitrogen and oxygen atoms in total. The van der Waals surface area contributed by atoms with Crippen molar-refractivity contribution < 1.29 is 33.5 Å². The first-order valence-corrected chi connectivity index (χ1v) is 14.2. The summed E-state index contributed by atoms with van der Waals surface area (Å²) >= 11 is 1.21. The fourth-order valence-corrected chi connectivity index (χ4v) is 6.12. The van der Waals surface area contributed by atoms with Gasteiger partial charge in [-0.15, -0.1) is 11.3 Å². The highest BCUT2D eigenvalue weighted by molar-refractivity contribution is 7.71. The van der Waals surface area contributed by atoms with E-state index in [9.17, 15) is 33.5 Å². The number of hydrogen-bond donors (Lipinski definition) is 6. The second kappa shape index (κ2) is 9.92. The van der Waals surface area contributed by atoms with Crippen molar-refractivity contribution in [3.05, 3.63) is 65.8 Å². The van der Waals surface area contributed by atoms with Crippen LogP contribution < -0.4 is 10.6 Å². The van der Waals surface area contributed by atoms with Gasteiger partial charge in [-0.25, -0.2) is 9.97 Å². The topological polar surface area (TPSA) is 195 Å². The molecule has 0 radical (unpaired) electrons. The predicted octanol–water partition coefficient (Wildman–Crippen LogP) is 2.99. The maximum atomic E-state index is 12.4. The maximum Gasteiger partial charge on any atom is 0.360 e. The molecule has 0 spiro atoms. The normalized spacial score (nSPS) is 12.1. The van der Waals surface area contributed by atoms with Crippen LogP contribution in [0, 0.1) is 0 Å². The van der Waals surface area contributed by atoms with E-state index in [1.54, 1.807) is 60.2 Å². The smallest absolute Gasteiger partial charge is 0.346 e. The minimum atomic E-state index is -5.25. The van der Waals surface area contributed by atoms with Gasteiger partial charge in [0.15, 0.2) is 5.82 Å². The number of pyridine rings is 1. The van der Waals surface area contributed by atoms with Crippen LogP contribution in [0.5, 0.6) is 0 Å². The number of hydrogen-bond acceptors (Lipinski definition) is 8. The van der Waals surface area contributed by atoms with Crippen LogP contribution in [-0.2, 0) is 20.3 Å². The summed E-state index contributed by atoms with van der Waals surface area (Å²) < 4.78 is 23.5. The van der Waals surface area contributed by atoms with Crippen molar-refractivity contribution in [2.75, 3.05) is 10.6 Å². The van der Waals surface area contributed by atoms with Crippen LogP contribution in [0.25, 0.3) is 21.6 Å². The highest BCUT2D eigenvalue weighted by Gasteiger charge is 2.44. The number of amides is 1. The van der Waals surface area contributed by atoms with Gasteiger partial charge < -0.3 is 30.2 Å². The summed E-state index contributed by atoms with van der Waals surface area (Å²) in [5.74, 6) is -0.284. The summed E-state index contributed by atoms with van der Waals surface area (Å²) in [6.07, 6.45) is 3.33. The van der Waals surface area contributed by atoms with E-state index in [0.29, 0.717) is 21.5 Å². The molecule has 6 N–H and O–H groups in total. The molecule has 1 aromatic carbocycles. The lowest BCUT2D eigenvalue weighted by Crippen LogP contribution is -2.21. The summed E-state index contributed by atoms with van der Waals surface area (Å²) in [5, 5.41) is 7.00. The molecular weight excluding hydrogens is 516 g/mol. The molecule has 0 atom stereocenters. The molecule has 1 amide bonds. The zero-order valence-corrected chi connectivity index (χ0v) is 20.3. The van der Waals surface area contributed by atoms with Gasteiger partial charge in [0, 0.05) is 23.6 Å². The standard InChI is InChI=1S/C20H19N5O7P2S/c26-16(9-12-3-2-7-21-11-12)22-14-5-1-4-13(10-14)17-23-18(15-6-8-35-19(15)24-17)25-20(33(27,28)29)34(30,31)32/h1-8,10-11,20H,9H2,(H,22,26)(H,23,24,25)(H2,27,28,29)(H2,30,31,32). The molecule has 0 aliphatic carbocycles. The van der Waals surface area contributed by atoms with Crippen LogP contribution in [0.3, 0.4) is 0 Å². The lowest BCUT2D eigenvalue weighted by atomic mass is 10.1. The van der Waals surface area contributed by atoms with Gasteiger partial charge in [-0.2, -0.15) is 0 Å². The van der Waals surface area contributed by atoms with Gasteiger partial charge in [0.2, 0.25) is 11.4 Å². The number of carbonyl (C=O) groups excluding carboxylic acids is 1.